The number of carbonyl (C=O) groups is 1. The molecule has 0 radical (unpaired) electrons. The van der Waals surface area contributed by atoms with Gasteiger partial charge in [-0.15, -0.1) is 0 Å². The van der Waals surface area contributed by atoms with Crippen LogP contribution in [0.15, 0.2) is 48.7 Å². The van der Waals surface area contributed by atoms with E-state index in [0.717, 1.165) is 11.3 Å². The summed E-state index contributed by atoms with van der Waals surface area (Å²) in [6, 6.07) is 12.2. The van der Waals surface area contributed by atoms with E-state index in [1.54, 1.807) is 10.7 Å². The van der Waals surface area contributed by atoms with Crippen LogP contribution in [0.5, 0.6) is 5.75 Å². The number of aryl methyl sites for hydroxylation is 1. The van der Waals surface area contributed by atoms with Crippen LogP contribution in [-0.4, -0.2) is 21.8 Å². The van der Waals surface area contributed by atoms with Crippen molar-refractivity contribution in [1.29, 1.82) is 0 Å². The number of halogens is 1. The maximum absolute atomic E-state index is 14.3. The van der Waals surface area contributed by atoms with Crippen molar-refractivity contribution >= 4 is 11.6 Å². The van der Waals surface area contributed by atoms with Gasteiger partial charge in [0.25, 0.3) is 5.91 Å². The Hall–Kier alpha value is -3.15. The van der Waals surface area contributed by atoms with Gasteiger partial charge in [-0.25, -0.2) is 9.07 Å². The summed E-state index contributed by atoms with van der Waals surface area (Å²) in [4.78, 5) is 12.6. The first-order valence-corrected chi connectivity index (χ1v) is 8.75. The molecule has 140 valence electrons. The predicted molar refractivity (Wildman–Crippen MR) is 103 cm³/mol. The summed E-state index contributed by atoms with van der Waals surface area (Å²) in [7, 11) is 0. The minimum Gasteiger partial charge on any atom is -0.491 e. The summed E-state index contributed by atoms with van der Waals surface area (Å²) < 4.78 is 21.4. The third-order valence-corrected chi connectivity index (χ3v) is 4.16. The summed E-state index contributed by atoms with van der Waals surface area (Å²) in [5.41, 5.74) is 3.11. The standard InChI is InChI=1S/C21H22FN3O2/c1-13(2)27-16-9-10-19(18(22)11-16)24-21(26)17-12-23-25(15(17)4)20-8-6-5-7-14(20)3/h5-13H,1-4H3,(H,24,26). The zero-order valence-electron chi connectivity index (χ0n) is 15.8. The van der Waals surface area contributed by atoms with Gasteiger partial charge in [-0.2, -0.15) is 5.10 Å². The van der Waals surface area contributed by atoms with Crippen LogP contribution in [0.1, 0.15) is 35.5 Å². The molecule has 3 rings (SSSR count). The highest BCUT2D eigenvalue weighted by Crippen LogP contribution is 2.23. The van der Waals surface area contributed by atoms with Gasteiger partial charge in [-0.3, -0.25) is 4.79 Å². The largest absolute Gasteiger partial charge is 0.491 e. The Morgan fingerprint density at radius 2 is 1.93 bits per heavy atom. The zero-order valence-corrected chi connectivity index (χ0v) is 15.8. The molecular weight excluding hydrogens is 345 g/mol. The highest BCUT2D eigenvalue weighted by molar-refractivity contribution is 6.05. The smallest absolute Gasteiger partial charge is 0.259 e. The third kappa shape index (κ3) is 4.00. The van der Waals surface area contributed by atoms with Gasteiger partial charge in [0.15, 0.2) is 0 Å². The monoisotopic (exact) mass is 367 g/mol. The highest BCUT2D eigenvalue weighted by atomic mass is 19.1. The number of aromatic nitrogens is 2. The first-order chi connectivity index (χ1) is 12.9. The predicted octanol–water partition coefficient (Wildman–Crippen LogP) is 4.67. The van der Waals surface area contributed by atoms with Gasteiger partial charge in [0.1, 0.15) is 11.6 Å². The van der Waals surface area contributed by atoms with Crippen LogP contribution in [-0.2, 0) is 0 Å². The Kier molecular flexibility index (Phi) is 5.26. The SMILES string of the molecule is Cc1ccccc1-n1ncc(C(=O)Nc2ccc(OC(C)C)cc2F)c1C. The molecule has 0 aliphatic heterocycles. The number of nitrogens with one attached hydrogen (secondary N) is 1. The molecule has 0 saturated carbocycles. The van der Waals surface area contributed by atoms with Gasteiger partial charge < -0.3 is 10.1 Å². The summed E-state index contributed by atoms with van der Waals surface area (Å²) in [5.74, 6) is -0.543. The molecule has 0 bridgehead atoms. The number of hydrogen-bond donors (Lipinski definition) is 1. The lowest BCUT2D eigenvalue weighted by Gasteiger charge is -2.12. The summed E-state index contributed by atoms with van der Waals surface area (Å²) >= 11 is 0. The fraction of sp³-hybridized carbons (Fsp3) is 0.238. The molecule has 6 heteroatoms. The van der Waals surface area contributed by atoms with Crippen LogP contribution >= 0.6 is 0 Å². The van der Waals surface area contributed by atoms with Gasteiger partial charge in [-0.1, -0.05) is 18.2 Å². The Labute approximate surface area is 157 Å². The molecule has 1 aromatic heterocycles. The Bertz CT molecular complexity index is 979. The van der Waals surface area contributed by atoms with E-state index < -0.39 is 11.7 Å². The number of anilines is 1. The van der Waals surface area contributed by atoms with E-state index in [9.17, 15) is 9.18 Å². The van der Waals surface area contributed by atoms with Crippen LogP contribution in [0.25, 0.3) is 5.69 Å². The second-order valence-corrected chi connectivity index (χ2v) is 6.60. The molecule has 0 atom stereocenters. The van der Waals surface area contributed by atoms with E-state index in [4.69, 9.17) is 4.74 Å². The molecule has 5 nitrogen and oxygen atoms in total. The van der Waals surface area contributed by atoms with Gasteiger partial charge in [0, 0.05) is 6.07 Å². The maximum atomic E-state index is 14.3. The normalized spacial score (nSPS) is 10.9. The van der Waals surface area contributed by atoms with Crippen molar-refractivity contribution in [2.45, 2.75) is 33.8 Å². The average Bonchev–Trinajstić information content (AvgIpc) is 2.98. The van der Waals surface area contributed by atoms with Crippen LogP contribution in [0.4, 0.5) is 10.1 Å². The molecule has 0 unspecified atom stereocenters. The quantitative estimate of drug-likeness (QED) is 0.713. The summed E-state index contributed by atoms with van der Waals surface area (Å²) in [6.07, 6.45) is 1.44. The number of rotatable bonds is 5. The Morgan fingerprint density at radius 1 is 1.19 bits per heavy atom. The van der Waals surface area contributed by atoms with Crippen LogP contribution in [0.3, 0.4) is 0 Å². The molecule has 0 aliphatic rings. The lowest BCUT2D eigenvalue weighted by Crippen LogP contribution is -2.14. The fourth-order valence-electron chi connectivity index (χ4n) is 2.81. The summed E-state index contributed by atoms with van der Waals surface area (Å²) in [5, 5.41) is 6.93. The van der Waals surface area contributed by atoms with Gasteiger partial charge in [0.2, 0.25) is 0 Å². The minimum absolute atomic E-state index is 0.0558. The first kappa shape index (κ1) is 18.6. The Balaban J connectivity index is 1.83. The van der Waals surface area contributed by atoms with Gasteiger partial charge in [0.05, 0.1) is 34.9 Å². The second-order valence-electron chi connectivity index (χ2n) is 6.60. The molecule has 27 heavy (non-hydrogen) atoms. The van der Waals surface area contributed by atoms with Crippen LogP contribution in [0, 0.1) is 19.7 Å². The summed E-state index contributed by atoms with van der Waals surface area (Å²) in [6.45, 7) is 7.52. The number of para-hydroxylation sites is 1. The minimum atomic E-state index is -0.551. The third-order valence-electron chi connectivity index (χ3n) is 4.16. The number of amides is 1. The number of benzene rings is 2. The molecule has 0 spiro atoms. The molecule has 0 saturated heterocycles. The van der Waals surface area contributed by atoms with Crippen molar-refractivity contribution in [1.82, 2.24) is 9.78 Å². The van der Waals surface area contributed by atoms with Crippen molar-refractivity contribution in [3.63, 3.8) is 0 Å². The number of hydrogen-bond acceptors (Lipinski definition) is 3. The zero-order chi connectivity index (χ0) is 19.6. The molecule has 1 heterocycles. The van der Waals surface area contributed by atoms with Gasteiger partial charge in [-0.05, 0) is 51.5 Å². The highest BCUT2D eigenvalue weighted by Gasteiger charge is 2.17. The fourth-order valence-corrected chi connectivity index (χ4v) is 2.81. The molecule has 0 aliphatic carbocycles. The van der Waals surface area contributed by atoms with E-state index in [2.05, 4.69) is 10.4 Å². The van der Waals surface area contributed by atoms with Crippen molar-refractivity contribution < 1.29 is 13.9 Å². The van der Waals surface area contributed by atoms with E-state index in [0.29, 0.717) is 17.0 Å². The van der Waals surface area contributed by atoms with Crippen molar-refractivity contribution in [2.24, 2.45) is 0 Å². The topological polar surface area (TPSA) is 56.2 Å². The van der Waals surface area contributed by atoms with E-state index in [-0.39, 0.29) is 11.8 Å². The average molecular weight is 367 g/mol. The molecule has 2 aromatic carbocycles. The molecule has 3 aromatic rings. The van der Waals surface area contributed by atoms with E-state index >= 15 is 0 Å². The number of nitrogens with zero attached hydrogens (tertiary/aromatic N) is 2. The second kappa shape index (κ2) is 7.61. The molecule has 0 fully saturated rings. The number of ether oxygens (including phenoxy) is 1. The van der Waals surface area contributed by atoms with Crippen LogP contribution < -0.4 is 10.1 Å². The molecular formula is C21H22FN3O2. The lowest BCUT2D eigenvalue weighted by atomic mass is 10.2. The maximum Gasteiger partial charge on any atom is 0.259 e. The molecule has 1 N–H and O–H groups in total. The van der Waals surface area contributed by atoms with E-state index in [1.165, 1.54) is 18.3 Å². The Morgan fingerprint density at radius 3 is 2.59 bits per heavy atom. The van der Waals surface area contributed by atoms with Crippen molar-refractivity contribution in [3.05, 3.63) is 71.3 Å². The van der Waals surface area contributed by atoms with Crippen molar-refractivity contribution in [2.75, 3.05) is 5.32 Å². The number of carbonyl (C=O) groups excluding carboxylic acids is 1. The lowest BCUT2D eigenvalue weighted by molar-refractivity contribution is 0.102. The molecule has 1 amide bonds. The first-order valence-electron chi connectivity index (χ1n) is 8.75. The van der Waals surface area contributed by atoms with Crippen LogP contribution in [0.2, 0.25) is 0 Å². The van der Waals surface area contributed by atoms with Gasteiger partial charge >= 0.3 is 0 Å². The van der Waals surface area contributed by atoms with Crippen molar-refractivity contribution in [3.8, 4) is 11.4 Å². The van der Waals surface area contributed by atoms with E-state index in [1.807, 2.05) is 52.0 Å².